The van der Waals surface area contributed by atoms with Gasteiger partial charge in [-0.25, -0.2) is 0 Å². The van der Waals surface area contributed by atoms with Gasteiger partial charge >= 0.3 is 0 Å². The lowest BCUT2D eigenvalue weighted by Gasteiger charge is -2.28. The molecule has 0 aromatic rings. The number of hydrogen-bond donors (Lipinski definition) is 8. The number of aliphatic hydroxyl groups excluding tert-OH is 4. The second-order valence-electron chi connectivity index (χ2n) is 5.15. The minimum absolute atomic E-state index is 0.0179. The molecule has 1 aliphatic heterocycles. The fourth-order valence-corrected chi connectivity index (χ4v) is 2.04. The lowest BCUT2D eigenvalue weighted by Crippen LogP contribution is -2.56. The third kappa shape index (κ3) is 6.42. The Hall–Kier alpha value is -0.320. The van der Waals surface area contributed by atoms with E-state index in [0.29, 0.717) is 26.2 Å². The van der Waals surface area contributed by atoms with E-state index in [1.165, 1.54) is 0 Å². The summed E-state index contributed by atoms with van der Waals surface area (Å²) in [6.07, 6.45) is 0. The van der Waals surface area contributed by atoms with Gasteiger partial charge in [-0.15, -0.1) is 0 Å². The summed E-state index contributed by atoms with van der Waals surface area (Å²) in [6, 6.07) is -0.526. The molecule has 8 nitrogen and oxygen atoms in total. The first-order valence-electron chi connectivity index (χ1n) is 7.10. The van der Waals surface area contributed by atoms with E-state index >= 15 is 0 Å². The lowest BCUT2D eigenvalue weighted by molar-refractivity contribution is 0.177. The summed E-state index contributed by atoms with van der Waals surface area (Å²) in [5, 5.41) is 49.9. The SMILES string of the molecule is OC[C@H]1CN[C@@H](CO)CN[C@@H](CO)CN[C@@H](CO)CN1. The number of aliphatic hydroxyl groups is 4. The van der Waals surface area contributed by atoms with E-state index in [4.69, 9.17) is 0 Å². The van der Waals surface area contributed by atoms with Gasteiger partial charge in [0.05, 0.1) is 26.4 Å². The van der Waals surface area contributed by atoms with E-state index in [1.807, 2.05) is 0 Å². The summed E-state index contributed by atoms with van der Waals surface area (Å²) in [4.78, 5) is 0. The zero-order valence-electron chi connectivity index (χ0n) is 11.8. The summed E-state index contributed by atoms with van der Waals surface area (Å²) in [7, 11) is 0. The standard InChI is InChI=1S/C12H28N4O4/c17-5-9-1-13-10(6-18)2-15-12(8-20)4-16-11(7-19)3-14-9/h9-20H,1-8H2/t9-,10-,11-,12-/m1/s1. The van der Waals surface area contributed by atoms with E-state index in [9.17, 15) is 20.4 Å². The van der Waals surface area contributed by atoms with Crippen molar-refractivity contribution in [3.63, 3.8) is 0 Å². The molecule has 0 spiro atoms. The zero-order valence-corrected chi connectivity index (χ0v) is 11.8. The maximum Gasteiger partial charge on any atom is 0.0597 e. The van der Waals surface area contributed by atoms with Crippen molar-refractivity contribution in [2.24, 2.45) is 0 Å². The van der Waals surface area contributed by atoms with Crippen molar-refractivity contribution in [3.05, 3.63) is 0 Å². The van der Waals surface area contributed by atoms with Crippen LogP contribution in [0.2, 0.25) is 0 Å². The van der Waals surface area contributed by atoms with Crippen molar-refractivity contribution >= 4 is 0 Å². The highest BCUT2D eigenvalue weighted by atomic mass is 16.3. The third-order valence-electron chi connectivity index (χ3n) is 3.49. The van der Waals surface area contributed by atoms with E-state index in [-0.39, 0.29) is 50.6 Å². The molecule has 0 aromatic heterocycles. The molecule has 8 N–H and O–H groups in total. The summed E-state index contributed by atoms with van der Waals surface area (Å²) in [5.41, 5.74) is 0. The van der Waals surface area contributed by atoms with Crippen LogP contribution < -0.4 is 21.3 Å². The molecule has 1 saturated heterocycles. The molecule has 20 heavy (non-hydrogen) atoms. The largest absolute Gasteiger partial charge is 0.395 e. The number of hydrogen-bond acceptors (Lipinski definition) is 8. The minimum atomic E-state index is -0.132. The van der Waals surface area contributed by atoms with Crippen LogP contribution in [0.25, 0.3) is 0 Å². The Balaban J connectivity index is 2.58. The van der Waals surface area contributed by atoms with Crippen LogP contribution in [0.4, 0.5) is 0 Å². The maximum absolute atomic E-state index is 9.30. The van der Waals surface area contributed by atoms with Crippen LogP contribution in [-0.2, 0) is 0 Å². The second kappa shape index (κ2) is 10.4. The smallest absolute Gasteiger partial charge is 0.0597 e. The van der Waals surface area contributed by atoms with Crippen molar-refractivity contribution in [1.29, 1.82) is 0 Å². The molecule has 0 saturated carbocycles. The summed E-state index contributed by atoms with van der Waals surface area (Å²) in [5.74, 6) is 0. The van der Waals surface area contributed by atoms with Gasteiger partial charge in [-0.3, -0.25) is 0 Å². The highest BCUT2D eigenvalue weighted by Gasteiger charge is 2.18. The molecular weight excluding hydrogens is 264 g/mol. The molecule has 1 rings (SSSR count). The van der Waals surface area contributed by atoms with Crippen LogP contribution in [-0.4, -0.2) is 97.2 Å². The Labute approximate surface area is 119 Å². The van der Waals surface area contributed by atoms with Gasteiger partial charge in [0.2, 0.25) is 0 Å². The van der Waals surface area contributed by atoms with Crippen LogP contribution in [0.5, 0.6) is 0 Å². The minimum Gasteiger partial charge on any atom is -0.395 e. The van der Waals surface area contributed by atoms with Gasteiger partial charge in [-0.1, -0.05) is 0 Å². The topological polar surface area (TPSA) is 129 Å². The van der Waals surface area contributed by atoms with Crippen LogP contribution in [0, 0.1) is 0 Å². The van der Waals surface area contributed by atoms with Crippen LogP contribution in [0.3, 0.4) is 0 Å². The van der Waals surface area contributed by atoms with Gasteiger partial charge in [0.25, 0.3) is 0 Å². The monoisotopic (exact) mass is 292 g/mol. The van der Waals surface area contributed by atoms with Crippen molar-refractivity contribution in [1.82, 2.24) is 21.3 Å². The second-order valence-corrected chi connectivity index (χ2v) is 5.15. The van der Waals surface area contributed by atoms with Gasteiger partial charge in [0, 0.05) is 50.3 Å². The lowest BCUT2D eigenvalue weighted by atomic mass is 10.2. The highest BCUT2D eigenvalue weighted by Crippen LogP contribution is 1.91. The fraction of sp³-hybridized carbons (Fsp3) is 1.00. The first kappa shape index (κ1) is 17.7. The van der Waals surface area contributed by atoms with E-state index in [1.54, 1.807) is 0 Å². The average Bonchev–Trinajstić information content (AvgIpc) is 2.48. The molecule has 1 heterocycles. The predicted molar refractivity (Wildman–Crippen MR) is 75.5 cm³/mol. The average molecular weight is 292 g/mol. The molecule has 1 fully saturated rings. The molecule has 8 heteroatoms. The fourth-order valence-electron chi connectivity index (χ4n) is 2.04. The first-order valence-corrected chi connectivity index (χ1v) is 7.10. The highest BCUT2D eigenvalue weighted by molar-refractivity contribution is 4.82. The van der Waals surface area contributed by atoms with Crippen molar-refractivity contribution < 1.29 is 20.4 Å². The Morgan fingerprint density at radius 3 is 0.850 bits per heavy atom. The number of rotatable bonds is 4. The first-order chi connectivity index (χ1) is 9.73. The molecule has 0 aliphatic carbocycles. The third-order valence-corrected chi connectivity index (χ3v) is 3.49. The van der Waals surface area contributed by atoms with Gasteiger partial charge in [0.1, 0.15) is 0 Å². The van der Waals surface area contributed by atoms with Gasteiger partial charge < -0.3 is 41.7 Å². The molecule has 0 aromatic carbocycles. The normalized spacial score (nSPS) is 34.2. The van der Waals surface area contributed by atoms with Crippen molar-refractivity contribution in [2.45, 2.75) is 24.2 Å². The Kier molecular flexibility index (Phi) is 9.23. The molecule has 0 unspecified atom stereocenters. The summed E-state index contributed by atoms with van der Waals surface area (Å²) >= 11 is 0. The molecular formula is C12H28N4O4. The van der Waals surface area contributed by atoms with E-state index in [0.717, 1.165) is 0 Å². The van der Waals surface area contributed by atoms with Crippen LogP contribution >= 0.6 is 0 Å². The molecule has 0 radical (unpaired) electrons. The Morgan fingerprint density at radius 2 is 0.700 bits per heavy atom. The van der Waals surface area contributed by atoms with Gasteiger partial charge in [-0.05, 0) is 0 Å². The summed E-state index contributed by atoms with van der Waals surface area (Å²) < 4.78 is 0. The predicted octanol–water partition coefficient (Wildman–Crippen LogP) is -4.20. The van der Waals surface area contributed by atoms with Crippen LogP contribution in [0.1, 0.15) is 0 Å². The van der Waals surface area contributed by atoms with Crippen molar-refractivity contribution in [3.8, 4) is 0 Å². The molecule has 0 bridgehead atoms. The Morgan fingerprint density at radius 1 is 0.500 bits per heavy atom. The van der Waals surface area contributed by atoms with Gasteiger partial charge in [-0.2, -0.15) is 0 Å². The number of nitrogens with one attached hydrogen (secondary N) is 4. The maximum atomic E-state index is 9.30. The molecule has 0 amide bonds. The quantitative estimate of drug-likeness (QED) is 0.262. The molecule has 120 valence electrons. The van der Waals surface area contributed by atoms with Crippen molar-refractivity contribution in [2.75, 3.05) is 52.6 Å². The molecule has 1 aliphatic rings. The van der Waals surface area contributed by atoms with E-state index in [2.05, 4.69) is 21.3 Å². The Bertz CT molecular complexity index is 183. The summed E-state index contributed by atoms with van der Waals surface area (Å²) in [6.45, 7) is 2.01. The van der Waals surface area contributed by atoms with Crippen LogP contribution in [0.15, 0.2) is 0 Å². The zero-order chi connectivity index (χ0) is 14.8. The van der Waals surface area contributed by atoms with Gasteiger partial charge in [0.15, 0.2) is 0 Å². The van der Waals surface area contributed by atoms with E-state index < -0.39 is 0 Å². The molecule has 4 atom stereocenters.